The zero-order chi connectivity index (χ0) is 37.5. The maximum absolute atomic E-state index is 10.8. The molecule has 0 aromatic carbocycles. The highest BCUT2D eigenvalue weighted by Crippen LogP contribution is 2.34. The standard InChI is InChI=1S/C29H50O22/c1-7-24(18(37)20(39)26(43)45-7)46-8-2-3-9(14(33)13(8)32)47-27-21(40)16(35)12(6-44-27)50-28-23(42)19(38)25(11(5-31)49-28)51-29-22(41)17(36)15(34)10(4-30)48-29/h7-43H,2-6H2,1H3/t7?,8-,9+,10?,11?,12-,13?,14?,15+,16?,17?,18?,19?,20?,21?,22?,23?,24+,25-,26+,27-,28-,29-/m1/s1. The summed E-state index contributed by atoms with van der Waals surface area (Å²) in [5.41, 5.74) is 0. The maximum atomic E-state index is 10.8. The number of rotatable bonds is 10. The van der Waals surface area contributed by atoms with Crippen molar-refractivity contribution in [3.05, 3.63) is 0 Å². The summed E-state index contributed by atoms with van der Waals surface area (Å²) in [7, 11) is 0. The van der Waals surface area contributed by atoms with Gasteiger partial charge in [-0.1, -0.05) is 0 Å². The van der Waals surface area contributed by atoms with Crippen LogP contribution in [0, 0.1) is 0 Å². The van der Waals surface area contributed by atoms with Crippen LogP contribution in [0.3, 0.4) is 0 Å². The van der Waals surface area contributed by atoms with Crippen LogP contribution < -0.4 is 0 Å². The minimum atomic E-state index is -1.92. The fourth-order valence-electron chi connectivity index (χ4n) is 6.84. The molecule has 1 saturated carbocycles. The lowest BCUT2D eigenvalue weighted by molar-refractivity contribution is -0.374. The van der Waals surface area contributed by atoms with Gasteiger partial charge in [0.15, 0.2) is 25.2 Å². The summed E-state index contributed by atoms with van der Waals surface area (Å²) in [5, 5.41) is 144. The van der Waals surface area contributed by atoms with Gasteiger partial charge in [-0.05, 0) is 19.8 Å². The summed E-state index contributed by atoms with van der Waals surface area (Å²) in [4.78, 5) is 0. The molecule has 0 amide bonds. The summed E-state index contributed by atoms with van der Waals surface area (Å²) in [6.45, 7) is -0.602. The van der Waals surface area contributed by atoms with Crippen molar-refractivity contribution in [3.63, 3.8) is 0 Å². The Bertz CT molecular complexity index is 1090. The summed E-state index contributed by atoms with van der Waals surface area (Å²) in [6, 6.07) is 0. The van der Waals surface area contributed by atoms with E-state index in [9.17, 15) is 71.5 Å². The second kappa shape index (κ2) is 17.3. The summed E-state index contributed by atoms with van der Waals surface area (Å²) in [6.07, 6.45) is -35.7. The zero-order valence-corrected chi connectivity index (χ0v) is 27.3. The third-order valence-electron chi connectivity index (χ3n) is 9.99. The van der Waals surface area contributed by atoms with Gasteiger partial charge in [-0.25, -0.2) is 0 Å². The first kappa shape index (κ1) is 41.3. The van der Waals surface area contributed by atoms with Crippen molar-refractivity contribution in [2.45, 2.75) is 161 Å². The minimum Gasteiger partial charge on any atom is -0.394 e. The first-order valence-corrected chi connectivity index (χ1v) is 16.7. The van der Waals surface area contributed by atoms with Crippen molar-refractivity contribution >= 4 is 0 Å². The van der Waals surface area contributed by atoms with Gasteiger partial charge in [-0.15, -0.1) is 0 Å². The van der Waals surface area contributed by atoms with Crippen molar-refractivity contribution in [2.75, 3.05) is 19.8 Å². The quantitative estimate of drug-likeness (QED) is 0.0985. The molecular formula is C29H50O22. The molecule has 22 heteroatoms. The molecule has 23 atom stereocenters. The second-order valence-electron chi connectivity index (χ2n) is 13.4. The Morgan fingerprint density at radius 2 is 0.941 bits per heavy atom. The van der Waals surface area contributed by atoms with Gasteiger partial charge in [-0.3, -0.25) is 0 Å². The topological polar surface area (TPSA) is 357 Å². The molecular weight excluding hydrogens is 700 g/mol. The Labute approximate surface area is 290 Å². The summed E-state index contributed by atoms with van der Waals surface area (Å²) >= 11 is 0. The van der Waals surface area contributed by atoms with Gasteiger partial charge >= 0.3 is 0 Å². The lowest BCUT2D eigenvalue weighted by Crippen LogP contribution is -2.65. The lowest BCUT2D eigenvalue weighted by atomic mass is 9.88. The van der Waals surface area contributed by atoms with E-state index in [0.29, 0.717) is 0 Å². The van der Waals surface area contributed by atoms with E-state index in [4.69, 9.17) is 37.9 Å². The highest BCUT2D eigenvalue weighted by molar-refractivity contribution is 4.97. The average molecular weight is 751 g/mol. The van der Waals surface area contributed by atoms with Crippen molar-refractivity contribution in [1.29, 1.82) is 0 Å². The fraction of sp³-hybridized carbons (Fsp3) is 1.00. The minimum absolute atomic E-state index is 0.0453. The molecule has 14 N–H and O–H groups in total. The van der Waals surface area contributed by atoms with Crippen LogP contribution in [0.1, 0.15) is 19.8 Å². The molecule has 5 rings (SSSR count). The molecule has 5 fully saturated rings. The summed E-state index contributed by atoms with van der Waals surface area (Å²) < 4.78 is 44.0. The zero-order valence-electron chi connectivity index (χ0n) is 27.3. The van der Waals surface area contributed by atoms with Crippen LogP contribution in [0.25, 0.3) is 0 Å². The van der Waals surface area contributed by atoms with Gasteiger partial charge in [0.25, 0.3) is 0 Å². The summed E-state index contributed by atoms with van der Waals surface area (Å²) in [5.74, 6) is 0. The first-order valence-electron chi connectivity index (χ1n) is 16.7. The fourth-order valence-corrected chi connectivity index (χ4v) is 6.84. The molecule has 0 aromatic rings. The van der Waals surface area contributed by atoms with E-state index in [1.165, 1.54) is 6.92 Å². The Balaban J connectivity index is 1.13. The first-order chi connectivity index (χ1) is 24.1. The molecule has 51 heavy (non-hydrogen) atoms. The normalized spacial score (nSPS) is 54.3. The Morgan fingerprint density at radius 1 is 0.451 bits per heavy atom. The van der Waals surface area contributed by atoms with E-state index < -0.39 is 161 Å². The highest BCUT2D eigenvalue weighted by atomic mass is 16.8. The van der Waals surface area contributed by atoms with E-state index in [1.807, 2.05) is 0 Å². The lowest BCUT2D eigenvalue weighted by Gasteiger charge is -2.47. The van der Waals surface area contributed by atoms with Gasteiger partial charge in [0, 0.05) is 0 Å². The Hall–Kier alpha value is -0.880. The molecule has 22 nitrogen and oxygen atoms in total. The van der Waals surface area contributed by atoms with Gasteiger partial charge in [-0.2, -0.15) is 0 Å². The van der Waals surface area contributed by atoms with Crippen LogP contribution in [0.2, 0.25) is 0 Å². The highest BCUT2D eigenvalue weighted by Gasteiger charge is 2.53. The van der Waals surface area contributed by atoms with Crippen LogP contribution >= 0.6 is 0 Å². The third-order valence-corrected chi connectivity index (χ3v) is 9.99. The van der Waals surface area contributed by atoms with E-state index in [1.54, 1.807) is 0 Å². The van der Waals surface area contributed by atoms with Crippen LogP contribution in [0.5, 0.6) is 0 Å². The number of aliphatic hydroxyl groups excluding tert-OH is 14. The monoisotopic (exact) mass is 750 g/mol. The SMILES string of the molecule is CC1O[C@H](O)C(O)C(O)[C@H]1O[C@@H]1CC[C@H](O[C@H]2OC[C@@H](O[C@H]3OC(CO)[C@@H](O[C@H]4OC(CO)[C@H](O)C(O)C4O)C(O)C3O)C(O)C2O)C(O)C1O. The largest absolute Gasteiger partial charge is 0.394 e. The van der Waals surface area contributed by atoms with Crippen LogP contribution in [-0.4, -0.2) is 232 Å². The molecule has 0 radical (unpaired) electrons. The molecule has 0 bridgehead atoms. The molecule has 4 aliphatic heterocycles. The molecule has 0 spiro atoms. The Morgan fingerprint density at radius 3 is 1.57 bits per heavy atom. The Kier molecular flexibility index (Phi) is 14.0. The molecule has 5 aliphatic rings. The molecule has 4 heterocycles. The smallest absolute Gasteiger partial charge is 0.187 e. The van der Waals surface area contributed by atoms with E-state index in [0.717, 1.165) is 0 Å². The number of hydrogen-bond acceptors (Lipinski definition) is 22. The van der Waals surface area contributed by atoms with Gasteiger partial charge in [0.2, 0.25) is 0 Å². The molecule has 13 unspecified atom stereocenters. The number of ether oxygens (including phenoxy) is 8. The number of hydrogen-bond donors (Lipinski definition) is 14. The van der Waals surface area contributed by atoms with Crippen molar-refractivity contribution in [2.24, 2.45) is 0 Å². The molecule has 0 aromatic heterocycles. The predicted octanol–water partition coefficient (Wildman–Crippen LogP) is -8.81. The van der Waals surface area contributed by atoms with Crippen molar-refractivity contribution in [3.8, 4) is 0 Å². The maximum Gasteiger partial charge on any atom is 0.187 e. The van der Waals surface area contributed by atoms with E-state index in [2.05, 4.69) is 0 Å². The van der Waals surface area contributed by atoms with Gasteiger partial charge < -0.3 is 109 Å². The van der Waals surface area contributed by atoms with E-state index in [-0.39, 0.29) is 12.8 Å². The van der Waals surface area contributed by atoms with Crippen molar-refractivity contribution < 1.29 is 109 Å². The van der Waals surface area contributed by atoms with Crippen LogP contribution in [-0.2, 0) is 37.9 Å². The van der Waals surface area contributed by atoms with Gasteiger partial charge in [0.1, 0.15) is 97.7 Å². The van der Waals surface area contributed by atoms with Crippen LogP contribution in [0.4, 0.5) is 0 Å². The second-order valence-corrected chi connectivity index (χ2v) is 13.4. The van der Waals surface area contributed by atoms with Crippen molar-refractivity contribution in [1.82, 2.24) is 0 Å². The van der Waals surface area contributed by atoms with Gasteiger partial charge in [0.05, 0.1) is 38.1 Å². The molecule has 4 saturated heterocycles. The third kappa shape index (κ3) is 8.52. The van der Waals surface area contributed by atoms with Crippen LogP contribution in [0.15, 0.2) is 0 Å². The predicted molar refractivity (Wildman–Crippen MR) is 156 cm³/mol. The average Bonchev–Trinajstić information content (AvgIpc) is 3.11. The van der Waals surface area contributed by atoms with E-state index >= 15 is 0 Å². The molecule has 1 aliphatic carbocycles. The number of aliphatic hydroxyl groups is 14. The molecule has 298 valence electrons.